The van der Waals surface area contributed by atoms with Gasteiger partial charge in [0.25, 0.3) is 0 Å². The molecule has 2 aromatic rings. The van der Waals surface area contributed by atoms with Gasteiger partial charge in [-0.2, -0.15) is 4.98 Å². The Hall–Kier alpha value is -2.07. The Labute approximate surface area is 123 Å². The van der Waals surface area contributed by atoms with E-state index in [1.165, 1.54) is 0 Å². The van der Waals surface area contributed by atoms with Gasteiger partial charge >= 0.3 is 0 Å². The minimum Gasteiger partial charge on any atom is -0.366 e. The second-order valence-corrected chi connectivity index (χ2v) is 4.91. The second kappa shape index (κ2) is 6.39. The van der Waals surface area contributed by atoms with Crippen molar-refractivity contribution in [3.63, 3.8) is 0 Å². The quantitative estimate of drug-likeness (QED) is 0.814. The van der Waals surface area contributed by atoms with E-state index in [1.54, 1.807) is 6.08 Å². The molecule has 1 aromatic heterocycles. The third kappa shape index (κ3) is 3.71. The SMILES string of the molecule is C=CCNc1cc(C)nc(Nc2ccc(Cl)cc2C)n1. The Morgan fingerprint density at radius 3 is 2.75 bits per heavy atom. The number of hydrogen-bond donors (Lipinski definition) is 2. The van der Waals surface area contributed by atoms with Gasteiger partial charge in [-0.15, -0.1) is 6.58 Å². The van der Waals surface area contributed by atoms with Gasteiger partial charge in [-0.25, -0.2) is 4.98 Å². The average Bonchev–Trinajstić information content (AvgIpc) is 2.39. The van der Waals surface area contributed by atoms with Crippen molar-refractivity contribution in [2.45, 2.75) is 13.8 Å². The van der Waals surface area contributed by atoms with Crippen LogP contribution in [0.3, 0.4) is 0 Å². The second-order valence-electron chi connectivity index (χ2n) is 4.47. The fraction of sp³-hybridized carbons (Fsp3) is 0.200. The van der Waals surface area contributed by atoms with E-state index < -0.39 is 0 Å². The maximum absolute atomic E-state index is 5.95. The normalized spacial score (nSPS) is 10.2. The summed E-state index contributed by atoms with van der Waals surface area (Å²) in [6.45, 7) is 8.25. The molecule has 0 fully saturated rings. The van der Waals surface area contributed by atoms with Crippen LogP contribution in [0.4, 0.5) is 17.5 Å². The fourth-order valence-electron chi connectivity index (χ4n) is 1.78. The molecule has 0 saturated heterocycles. The van der Waals surface area contributed by atoms with Crippen LogP contribution in [0.15, 0.2) is 36.9 Å². The Morgan fingerprint density at radius 1 is 1.25 bits per heavy atom. The van der Waals surface area contributed by atoms with Crippen LogP contribution in [0.25, 0.3) is 0 Å². The number of benzene rings is 1. The van der Waals surface area contributed by atoms with Gasteiger partial charge in [-0.3, -0.25) is 0 Å². The molecule has 5 heteroatoms. The molecule has 0 amide bonds. The summed E-state index contributed by atoms with van der Waals surface area (Å²) in [6, 6.07) is 7.55. The van der Waals surface area contributed by atoms with E-state index in [0.29, 0.717) is 17.5 Å². The minimum absolute atomic E-state index is 0.557. The summed E-state index contributed by atoms with van der Waals surface area (Å²) in [4.78, 5) is 8.80. The van der Waals surface area contributed by atoms with E-state index in [2.05, 4.69) is 27.2 Å². The summed E-state index contributed by atoms with van der Waals surface area (Å²) in [5, 5.41) is 7.08. The number of nitrogens with zero attached hydrogens (tertiary/aromatic N) is 2. The predicted octanol–water partition coefficient (Wildman–Crippen LogP) is 4.09. The van der Waals surface area contributed by atoms with E-state index in [0.717, 1.165) is 22.8 Å². The molecule has 1 aromatic carbocycles. The van der Waals surface area contributed by atoms with E-state index in [9.17, 15) is 0 Å². The maximum atomic E-state index is 5.95. The lowest BCUT2D eigenvalue weighted by atomic mass is 10.2. The lowest BCUT2D eigenvalue weighted by Crippen LogP contribution is -2.05. The topological polar surface area (TPSA) is 49.8 Å². The molecule has 0 aliphatic carbocycles. The van der Waals surface area contributed by atoms with Crippen LogP contribution in [0, 0.1) is 13.8 Å². The lowest BCUT2D eigenvalue weighted by molar-refractivity contribution is 1.09. The molecule has 0 bridgehead atoms. The molecule has 0 aliphatic heterocycles. The molecule has 4 nitrogen and oxygen atoms in total. The standard InChI is InChI=1S/C15H17ClN4/c1-4-7-17-14-9-11(3)18-15(20-14)19-13-6-5-12(16)8-10(13)2/h4-6,8-9H,1,7H2,2-3H3,(H2,17,18,19,20). The van der Waals surface area contributed by atoms with Gasteiger partial charge in [-0.05, 0) is 37.6 Å². The average molecular weight is 289 g/mol. The zero-order valence-electron chi connectivity index (χ0n) is 11.6. The Morgan fingerprint density at radius 2 is 2.05 bits per heavy atom. The molecule has 20 heavy (non-hydrogen) atoms. The van der Waals surface area contributed by atoms with Crippen molar-refractivity contribution in [1.29, 1.82) is 0 Å². The summed E-state index contributed by atoms with van der Waals surface area (Å²) in [7, 11) is 0. The Kier molecular flexibility index (Phi) is 4.58. The van der Waals surface area contributed by atoms with Gasteiger partial charge in [-0.1, -0.05) is 17.7 Å². The third-order valence-corrected chi connectivity index (χ3v) is 2.95. The van der Waals surface area contributed by atoms with Crippen molar-refractivity contribution in [3.8, 4) is 0 Å². The predicted molar refractivity (Wildman–Crippen MR) is 84.9 cm³/mol. The summed E-state index contributed by atoms with van der Waals surface area (Å²) >= 11 is 5.95. The number of halogens is 1. The summed E-state index contributed by atoms with van der Waals surface area (Å²) in [5.74, 6) is 1.33. The van der Waals surface area contributed by atoms with Gasteiger partial charge in [0, 0.05) is 29.0 Å². The number of hydrogen-bond acceptors (Lipinski definition) is 4. The molecule has 2 N–H and O–H groups in total. The van der Waals surface area contributed by atoms with Gasteiger partial charge in [0.15, 0.2) is 0 Å². The summed E-state index contributed by atoms with van der Waals surface area (Å²) in [5.41, 5.74) is 2.87. The smallest absolute Gasteiger partial charge is 0.229 e. The first-order valence-electron chi connectivity index (χ1n) is 6.32. The molecule has 0 aliphatic rings. The van der Waals surface area contributed by atoms with Crippen molar-refractivity contribution in [3.05, 3.63) is 53.2 Å². The first-order valence-corrected chi connectivity index (χ1v) is 6.70. The maximum Gasteiger partial charge on any atom is 0.229 e. The molecule has 0 atom stereocenters. The highest BCUT2D eigenvalue weighted by atomic mass is 35.5. The summed E-state index contributed by atoms with van der Waals surface area (Å²) < 4.78 is 0. The van der Waals surface area contributed by atoms with Gasteiger partial charge < -0.3 is 10.6 Å². The zero-order valence-corrected chi connectivity index (χ0v) is 12.3. The van der Waals surface area contributed by atoms with Gasteiger partial charge in [0.2, 0.25) is 5.95 Å². The van der Waals surface area contributed by atoms with E-state index in [4.69, 9.17) is 11.6 Å². The van der Waals surface area contributed by atoms with E-state index >= 15 is 0 Å². The van der Waals surface area contributed by atoms with E-state index in [-0.39, 0.29) is 0 Å². The third-order valence-electron chi connectivity index (χ3n) is 2.72. The molecule has 0 radical (unpaired) electrons. The van der Waals surface area contributed by atoms with Gasteiger partial charge in [0.1, 0.15) is 5.82 Å². The zero-order chi connectivity index (χ0) is 14.5. The summed E-state index contributed by atoms with van der Waals surface area (Å²) in [6.07, 6.45) is 1.79. The van der Waals surface area contributed by atoms with Crippen LogP contribution >= 0.6 is 11.6 Å². The van der Waals surface area contributed by atoms with Crippen molar-refractivity contribution < 1.29 is 0 Å². The first-order chi connectivity index (χ1) is 9.58. The molecule has 0 saturated carbocycles. The fourth-order valence-corrected chi connectivity index (χ4v) is 2.01. The number of aromatic nitrogens is 2. The molecule has 104 valence electrons. The van der Waals surface area contributed by atoms with E-state index in [1.807, 2.05) is 38.1 Å². The molecular weight excluding hydrogens is 272 g/mol. The lowest BCUT2D eigenvalue weighted by Gasteiger charge is -2.11. The highest BCUT2D eigenvalue weighted by Gasteiger charge is 2.04. The largest absolute Gasteiger partial charge is 0.366 e. The number of rotatable bonds is 5. The Balaban J connectivity index is 2.23. The van der Waals surface area contributed by atoms with Crippen LogP contribution in [-0.4, -0.2) is 16.5 Å². The van der Waals surface area contributed by atoms with Crippen LogP contribution in [0.2, 0.25) is 5.02 Å². The van der Waals surface area contributed by atoms with Crippen LogP contribution in [-0.2, 0) is 0 Å². The minimum atomic E-state index is 0.557. The number of anilines is 3. The highest BCUT2D eigenvalue weighted by molar-refractivity contribution is 6.30. The molecule has 1 heterocycles. The monoisotopic (exact) mass is 288 g/mol. The Bertz CT molecular complexity index is 625. The van der Waals surface area contributed by atoms with Crippen molar-refractivity contribution in [1.82, 2.24) is 9.97 Å². The first kappa shape index (κ1) is 14.3. The number of aryl methyl sites for hydroxylation is 2. The van der Waals surface area contributed by atoms with Crippen LogP contribution < -0.4 is 10.6 Å². The van der Waals surface area contributed by atoms with Gasteiger partial charge in [0.05, 0.1) is 0 Å². The van der Waals surface area contributed by atoms with Crippen molar-refractivity contribution >= 4 is 29.1 Å². The molecule has 2 rings (SSSR count). The van der Waals surface area contributed by atoms with Crippen LogP contribution in [0.5, 0.6) is 0 Å². The van der Waals surface area contributed by atoms with Crippen molar-refractivity contribution in [2.24, 2.45) is 0 Å². The highest BCUT2D eigenvalue weighted by Crippen LogP contribution is 2.22. The van der Waals surface area contributed by atoms with Crippen molar-refractivity contribution in [2.75, 3.05) is 17.2 Å². The number of nitrogens with one attached hydrogen (secondary N) is 2. The molecule has 0 spiro atoms. The van der Waals surface area contributed by atoms with Crippen LogP contribution in [0.1, 0.15) is 11.3 Å². The molecular formula is C15H17ClN4. The molecule has 0 unspecified atom stereocenters.